The van der Waals surface area contributed by atoms with E-state index in [4.69, 9.17) is 16.3 Å². The van der Waals surface area contributed by atoms with Gasteiger partial charge in [-0.3, -0.25) is 9.78 Å². The van der Waals surface area contributed by atoms with Crippen LogP contribution in [0, 0.1) is 0 Å². The van der Waals surface area contributed by atoms with Crippen LogP contribution >= 0.6 is 11.6 Å². The summed E-state index contributed by atoms with van der Waals surface area (Å²) < 4.78 is 5.24. The van der Waals surface area contributed by atoms with Crippen LogP contribution in [0.15, 0.2) is 36.5 Å². The molecule has 0 radical (unpaired) electrons. The predicted molar refractivity (Wildman–Crippen MR) is 82.2 cm³/mol. The monoisotopic (exact) mass is 302 g/mol. The van der Waals surface area contributed by atoms with Gasteiger partial charge in [-0.1, -0.05) is 11.6 Å². The molecular weight excluding hydrogens is 288 g/mol. The van der Waals surface area contributed by atoms with Crippen molar-refractivity contribution in [1.82, 2.24) is 4.98 Å². The molecule has 0 fully saturated rings. The average molecular weight is 303 g/mol. The molecule has 3 rings (SSSR count). The maximum atomic E-state index is 12.6. The van der Waals surface area contributed by atoms with Gasteiger partial charge in [0.25, 0.3) is 5.91 Å². The number of rotatable bonds is 2. The Labute approximate surface area is 128 Å². The van der Waals surface area contributed by atoms with Crippen molar-refractivity contribution in [3.8, 4) is 5.75 Å². The zero-order valence-corrected chi connectivity index (χ0v) is 12.4. The molecule has 2 aromatic rings. The minimum atomic E-state index is -0.122. The van der Waals surface area contributed by atoms with Crippen LogP contribution in [0.25, 0.3) is 0 Å². The molecule has 0 spiro atoms. The molecule has 2 heterocycles. The first-order valence-corrected chi connectivity index (χ1v) is 7.17. The van der Waals surface area contributed by atoms with E-state index in [2.05, 4.69) is 4.98 Å². The zero-order valence-electron chi connectivity index (χ0n) is 11.7. The molecule has 0 aliphatic carbocycles. The lowest BCUT2D eigenvalue weighted by molar-refractivity contribution is 0.0980. The summed E-state index contributed by atoms with van der Waals surface area (Å²) in [4.78, 5) is 18.5. The number of ether oxygens (including phenoxy) is 1. The Kier molecular flexibility index (Phi) is 3.80. The molecule has 1 aliphatic rings. The third-order valence-electron chi connectivity index (χ3n) is 3.59. The number of methoxy groups -OCH3 is 1. The number of pyridine rings is 1. The highest BCUT2D eigenvalue weighted by Gasteiger charge is 2.24. The highest BCUT2D eigenvalue weighted by Crippen LogP contribution is 2.31. The van der Waals surface area contributed by atoms with E-state index in [1.54, 1.807) is 30.3 Å². The first-order valence-electron chi connectivity index (χ1n) is 6.79. The molecule has 0 saturated carbocycles. The van der Waals surface area contributed by atoms with Crippen molar-refractivity contribution in [2.75, 3.05) is 18.6 Å². The number of amides is 1. The van der Waals surface area contributed by atoms with Crippen LogP contribution in [-0.4, -0.2) is 24.5 Å². The van der Waals surface area contributed by atoms with Crippen molar-refractivity contribution in [3.05, 3.63) is 52.8 Å². The van der Waals surface area contributed by atoms with Gasteiger partial charge in [-0.2, -0.15) is 0 Å². The minimum absolute atomic E-state index is 0.122. The lowest BCUT2D eigenvalue weighted by Crippen LogP contribution is -2.35. The number of nitrogens with zero attached hydrogens (tertiary/aromatic N) is 2. The van der Waals surface area contributed by atoms with Crippen molar-refractivity contribution < 1.29 is 9.53 Å². The molecule has 1 aliphatic heterocycles. The van der Waals surface area contributed by atoms with Gasteiger partial charge in [0, 0.05) is 23.5 Å². The lowest BCUT2D eigenvalue weighted by atomic mass is 10.0. The summed E-state index contributed by atoms with van der Waals surface area (Å²) in [6.45, 7) is 0.687. The number of hydrogen-bond donors (Lipinski definition) is 0. The summed E-state index contributed by atoms with van der Waals surface area (Å²) in [6.07, 6.45) is 3.42. The molecule has 0 saturated heterocycles. The van der Waals surface area contributed by atoms with Crippen molar-refractivity contribution in [1.29, 1.82) is 0 Å². The normalized spacial score (nSPS) is 13.7. The molecule has 4 nitrogen and oxygen atoms in total. The number of fused-ring (bicyclic) bond motifs is 1. The fourth-order valence-electron chi connectivity index (χ4n) is 2.57. The third kappa shape index (κ3) is 2.72. The molecule has 1 aromatic heterocycles. The SMILES string of the molecule is COc1ccc2c(c1)CCCN2C(=O)c1cc(Cl)ccn1. The van der Waals surface area contributed by atoms with Crippen LogP contribution < -0.4 is 9.64 Å². The number of carbonyl (C=O) groups is 1. The second kappa shape index (κ2) is 5.74. The van der Waals surface area contributed by atoms with Gasteiger partial charge in [-0.25, -0.2) is 0 Å². The van der Waals surface area contributed by atoms with E-state index in [1.807, 2.05) is 18.2 Å². The Balaban J connectivity index is 1.96. The van der Waals surface area contributed by atoms with Gasteiger partial charge in [-0.15, -0.1) is 0 Å². The standard InChI is InChI=1S/C16H15ClN2O2/c1-21-13-4-5-15-11(9-13)3-2-8-19(15)16(20)14-10-12(17)6-7-18-14/h4-7,9-10H,2-3,8H2,1H3. The number of anilines is 1. The minimum Gasteiger partial charge on any atom is -0.497 e. The van der Waals surface area contributed by atoms with Gasteiger partial charge in [0.15, 0.2) is 0 Å². The topological polar surface area (TPSA) is 42.4 Å². The number of aryl methyl sites for hydroxylation is 1. The van der Waals surface area contributed by atoms with Gasteiger partial charge in [0.1, 0.15) is 11.4 Å². The smallest absolute Gasteiger partial charge is 0.276 e. The van der Waals surface area contributed by atoms with Gasteiger partial charge in [0.2, 0.25) is 0 Å². The summed E-state index contributed by atoms with van der Waals surface area (Å²) in [6, 6.07) is 9.04. The molecule has 21 heavy (non-hydrogen) atoms. The van der Waals surface area contributed by atoms with E-state index < -0.39 is 0 Å². The molecule has 108 valence electrons. The highest BCUT2D eigenvalue weighted by molar-refractivity contribution is 6.31. The Morgan fingerprint density at radius 1 is 1.33 bits per heavy atom. The summed E-state index contributed by atoms with van der Waals surface area (Å²) in [5, 5.41) is 0.514. The molecule has 0 atom stereocenters. The summed E-state index contributed by atoms with van der Waals surface area (Å²) in [5.74, 6) is 0.688. The lowest BCUT2D eigenvalue weighted by Gasteiger charge is -2.29. The van der Waals surface area contributed by atoms with Crippen LogP contribution in [0.2, 0.25) is 5.02 Å². The van der Waals surface area contributed by atoms with Crippen molar-refractivity contribution in [2.24, 2.45) is 0 Å². The van der Waals surface area contributed by atoms with Crippen LogP contribution in [0.5, 0.6) is 5.75 Å². The number of aromatic nitrogens is 1. The first-order chi connectivity index (χ1) is 10.2. The summed E-state index contributed by atoms with van der Waals surface area (Å²) in [5.41, 5.74) is 2.41. The molecule has 0 bridgehead atoms. The van der Waals surface area contributed by atoms with E-state index >= 15 is 0 Å². The molecule has 5 heteroatoms. The highest BCUT2D eigenvalue weighted by atomic mass is 35.5. The molecule has 1 aromatic carbocycles. The van der Waals surface area contributed by atoms with Gasteiger partial charge < -0.3 is 9.64 Å². The zero-order chi connectivity index (χ0) is 14.8. The van der Waals surface area contributed by atoms with Crippen molar-refractivity contribution >= 4 is 23.2 Å². The van der Waals surface area contributed by atoms with Gasteiger partial charge in [0.05, 0.1) is 7.11 Å². The summed E-state index contributed by atoms with van der Waals surface area (Å²) in [7, 11) is 1.64. The maximum Gasteiger partial charge on any atom is 0.276 e. The Bertz CT molecular complexity index is 688. The van der Waals surface area contributed by atoms with E-state index in [1.165, 1.54) is 0 Å². The number of hydrogen-bond acceptors (Lipinski definition) is 3. The van der Waals surface area contributed by atoms with Gasteiger partial charge >= 0.3 is 0 Å². The Hall–Kier alpha value is -2.07. The second-order valence-corrected chi connectivity index (χ2v) is 5.35. The van der Waals surface area contributed by atoms with Crippen LogP contribution in [-0.2, 0) is 6.42 Å². The van der Waals surface area contributed by atoms with E-state index in [9.17, 15) is 4.79 Å². The fraction of sp³-hybridized carbons (Fsp3) is 0.250. The van der Waals surface area contributed by atoms with E-state index in [0.717, 1.165) is 29.8 Å². The number of benzene rings is 1. The Morgan fingerprint density at radius 2 is 2.19 bits per heavy atom. The van der Waals surface area contributed by atoms with E-state index in [-0.39, 0.29) is 5.91 Å². The summed E-state index contributed by atoms with van der Waals surface area (Å²) >= 11 is 5.94. The van der Waals surface area contributed by atoms with Crippen molar-refractivity contribution in [3.63, 3.8) is 0 Å². The maximum absolute atomic E-state index is 12.6. The average Bonchev–Trinajstić information content (AvgIpc) is 2.53. The van der Waals surface area contributed by atoms with Crippen molar-refractivity contribution in [2.45, 2.75) is 12.8 Å². The third-order valence-corrected chi connectivity index (χ3v) is 3.83. The largest absolute Gasteiger partial charge is 0.497 e. The van der Waals surface area contributed by atoms with Crippen LogP contribution in [0.3, 0.4) is 0 Å². The van der Waals surface area contributed by atoms with Crippen LogP contribution in [0.4, 0.5) is 5.69 Å². The van der Waals surface area contributed by atoms with E-state index in [0.29, 0.717) is 17.3 Å². The Morgan fingerprint density at radius 3 is 2.95 bits per heavy atom. The van der Waals surface area contributed by atoms with Crippen LogP contribution in [0.1, 0.15) is 22.5 Å². The molecule has 1 amide bonds. The number of carbonyl (C=O) groups excluding carboxylic acids is 1. The van der Waals surface area contributed by atoms with Gasteiger partial charge in [-0.05, 0) is 48.7 Å². The first kappa shape index (κ1) is 13.9. The molecular formula is C16H15ClN2O2. The quantitative estimate of drug-likeness (QED) is 0.854. The number of halogens is 1. The fourth-order valence-corrected chi connectivity index (χ4v) is 2.73. The molecule has 0 unspecified atom stereocenters. The molecule has 0 N–H and O–H groups in total. The predicted octanol–water partition coefficient (Wildman–Crippen LogP) is 3.34. The second-order valence-electron chi connectivity index (χ2n) is 4.91.